The molecule has 3 aliphatic rings. The molecule has 0 saturated heterocycles. The Hall–Kier alpha value is -0.610. The first-order valence-corrected chi connectivity index (χ1v) is 7.78. The van der Waals surface area contributed by atoms with Crippen molar-refractivity contribution in [3.8, 4) is 10.4 Å². The lowest BCUT2D eigenvalue weighted by atomic mass is 9.40. The van der Waals surface area contributed by atoms with E-state index >= 15 is 0 Å². The van der Waals surface area contributed by atoms with Crippen LogP contribution in [0.5, 0.6) is 0 Å². The Bertz CT molecular complexity index is 660. The van der Waals surface area contributed by atoms with Gasteiger partial charge in [0, 0.05) is 17.2 Å². The van der Waals surface area contributed by atoms with Gasteiger partial charge in [-0.3, -0.25) is 0 Å². The molecule has 0 radical (unpaired) electrons. The first-order valence-electron chi connectivity index (χ1n) is 6.20. The third kappa shape index (κ3) is 1.69. The fourth-order valence-electron chi connectivity index (χ4n) is 3.40. The molecule has 98 valence electrons. The second kappa shape index (κ2) is 3.73. The van der Waals surface area contributed by atoms with E-state index < -0.39 is 0 Å². The first kappa shape index (κ1) is 12.2. The Kier molecular flexibility index (Phi) is 2.39. The van der Waals surface area contributed by atoms with Crippen LogP contribution in [0.3, 0.4) is 0 Å². The number of nitrogens with zero attached hydrogens (tertiary/aromatic N) is 1. The fraction of sp³-hybridized carbons (Fsp3) is 0.357. The average Bonchev–Trinajstić information content (AvgIpc) is 2.77. The van der Waals surface area contributed by atoms with Crippen LogP contribution < -0.4 is 5.73 Å². The molecule has 0 amide bonds. The second-order valence-corrected chi connectivity index (χ2v) is 7.68. The molecule has 2 aromatic rings. The molecule has 5 heteroatoms. The highest BCUT2D eigenvalue weighted by molar-refractivity contribution is 7.15. The van der Waals surface area contributed by atoms with Crippen molar-refractivity contribution in [3.05, 3.63) is 39.4 Å². The van der Waals surface area contributed by atoms with E-state index in [1.165, 1.54) is 5.01 Å². The molecular weight excluding hydrogens is 299 g/mol. The summed E-state index contributed by atoms with van der Waals surface area (Å²) in [5, 5.41) is 2.39. The summed E-state index contributed by atoms with van der Waals surface area (Å²) in [5.41, 5.74) is 7.59. The molecular formula is C14H12Cl2N2S. The lowest BCUT2D eigenvalue weighted by molar-refractivity contribution is -0.0590. The van der Waals surface area contributed by atoms with E-state index in [9.17, 15) is 0 Å². The smallest absolute Gasteiger partial charge is 0.0995 e. The highest BCUT2D eigenvalue weighted by atomic mass is 35.5. The van der Waals surface area contributed by atoms with E-state index in [1.807, 2.05) is 24.4 Å². The van der Waals surface area contributed by atoms with Crippen LogP contribution in [0.15, 0.2) is 24.4 Å². The molecule has 0 unspecified atom stereocenters. The molecule has 19 heavy (non-hydrogen) atoms. The summed E-state index contributed by atoms with van der Waals surface area (Å²) in [5.74, 6) is 0. The highest BCUT2D eigenvalue weighted by Gasteiger charge is 2.67. The van der Waals surface area contributed by atoms with Crippen LogP contribution in [0.25, 0.3) is 10.4 Å². The van der Waals surface area contributed by atoms with Gasteiger partial charge in [0.15, 0.2) is 0 Å². The summed E-state index contributed by atoms with van der Waals surface area (Å²) in [6.45, 7) is 0. The Morgan fingerprint density at radius 1 is 1.16 bits per heavy atom. The van der Waals surface area contributed by atoms with Gasteiger partial charge in [-0.05, 0) is 37.0 Å². The molecule has 1 aromatic carbocycles. The van der Waals surface area contributed by atoms with Crippen LogP contribution in [0.1, 0.15) is 24.3 Å². The second-order valence-electron chi connectivity index (χ2n) is 5.83. The van der Waals surface area contributed by atoms with Gasteiger partial charge in [0.2, 0.25) is 0 Å². The fourth-order valence-corrected chi connectivity index (χ4v) is 4.79. The molecule has 3 fully saturated rings. The van der Waals surface area contributed by atoms with Gasteiger partial charge in [-0.15, -0.1) is 11.3 Å². The number of halogens is 2. The molecule has 0 atom stereocenters. The number of hydrogen-bond donors (Lipinski definition) is 1. The number of thiazole rings is 1. The Morgan fingerprint density at radius 3 is 2.53 bits per heavy atom. The largest absolute Gasteiger partial charge is 0.325 e. The molecule has 5 rings (SSSR count). The van der Waals surface area contributed by atoms with E-state index in [4.69, 9.17) is 28.9 Å². The van der Waals surface area contributed by atoms with E-state index in [1.54, 1.807) is 11.3 Å². The van der Waals surface area contributed by atoms with E-state index in [2.05, 4.69) is 4.98 Å². The monoisotopic (exact) mass is 310 g/mol. The zero-order chi connectivity index (χ0) is 13.3. The van der Waals surface area contributed by atoms with Crippen molar-refractivity contribution in [2.45, 2.75) is 30.2 Å². The summed E-state index contributed by atoms with van der Waals surface area (Å²) >= 11 is 13.8. The van der Waals surface area contributed by atoms with Crippen molar-refractivity contribution in [2.75, 3.05) is 0 Å². The predicted octanol–water partition coefficient (Wildman–Crippen LogP) is 4.25. The van der Waals surface area contributed by atoms with Crippen LogP contribution in [0, 0.1) is 0 Å². The number of aromatic nitrogens is 1. The molecule has 3 aliphatic carbocycles. The molecule has 1 heterocycles. The zero-order valence-electron chi connectivity index (χ0n) is 10.1. The topological polar surface area (TPSA) is 38.9 Å². The Balaban J connectivity index is 1.66. The summed E-state index contributed by atoms with van der Waals surface area (Å²) in [6.07, 6.45) is 5.21. The van der Waals surface area contributed by atoms with Crippen LogP contribution in [0.4, 0.5) is 0 Å². The van der Waals surface area contributed by atoms with Gasteiger partial charge >= 0.3 is 0 Å². The van der Waals surface area contributed by atoms with E-state index in [-0.39, 0.29) is 11.0 Å². The summed E-state index contributed by atoms with van der Waals surface area (Å²) < 4.78 is 0. The van der Waals surface area contributed by atoms with Crippen LogP contribution in [-0.2, 0) is 5.41 Å². The quantitative estimate of drug-likeness (QED) is 0.900. The molecule has 2 N–H and O–H groups in total. The Labute approximate surface area is 125 Å². The van der Waals surface area contributed by atoms with Crippen molar-refractivity contribution in [2.24, 2.45) is 5.73 Å². The minimum Gasteiger partial charge on any atom is -0.325 e. The van der Waals surface area contributed by atoms with Gasteiger partial charge in [-0.1, -0.05) is 29.3 Å². The summed E-state index contributed by atoms with van der Waals surface area (Å²) in [4.78, 5) is 5.74. The standard InChI is InChI=1S/C14H12Cl2N2S/c15-9-2-1-8(3-10(9)16)11-4-18-12(19-11)13-5-14(17,6-13)7-13/h1-4H,5-7,17H2. The Morgan fingerprint density at radius 2 is 1.89 bits per heavy atom. The van der Waals surface area contributed by atoms with Gasteiger partial charge in [0.25, 0.3) is 0 Å². The van der Waals surface area contributed by atoms with Crippen LogP contribution >= 0.6 is 34.5 Å². The summed E-state index contributed by atoms with van der Waals surface area (Å²) in [6, 6.07) is 5.71. The summed E-state index contributed by atoms with van der Waals surface area (Å²) in [7, 11) is 0. The normalized spacial score (nSPS) is 31.7. The maximum absolute atomic E-state index is 6.11. The van der Waals surface area contributed by atoms with Crippen molar-refractivity contribution >= 4 is 34.5 Å². The maximum atomic E-state index is 6.11. The van der Waals surface area contributed by atoms with E-state index in [0.29, 0.717) is 10.0 Å². The van der Waals surface area contributed by atoms with Crippen LogP contribution in [0.2, 0.25) is 10.0 Å². The minimum atomic E-state index is 0.120. The molecule has 1 aromatic heterocycles. The SMILES string of the molecule is NC12CC(c3ncc(-c4ccc(Cl)c(Cl)c4)s3)(C1)C2. The van der Waals surface area contributed by atoms with Crippen LogP contribution in [-0.4, -0.2) is 10.5 Å². The zero-order valence-corrected chi connectivity index (χ0v) is 12.4. The van der Waals surface area contributed by atoms with E-state index in [0.717, 1.165) is 29.7 Å². The average molecular weight is 311 g/mol. The molecule has 3 saturated carbocycles. The molecule has 2 bridgehead atoms. The predicted molar refractivity (Wildman–Crippen MR) is 80.0 cm³/mol. The van der Waals surface area contributed by atoms with Gasteiger partial charge in [-0.25, -0.2) is 4.98 Å². The van der Waals surface area contributed by atoms with Gasteiger partial charge < -0.3 is 5.73 Å². The number of rotatable bonds is 2. The third-order valence-electron chi connectivity index (χ3n) is 4.23. The highest BCUT2D eigenvalue weighted by Crippen LogP contribution is 2.67. The minimum absolute atomic E-state index is 0.120. The maximum Gasteiger partial charge on any atom is 0.0995 e. The van der Waals surface area contributed by atoms with Crippen molar-refractivity contribution in [1.29, 1.82) is 0 Å². The lowest BCUT2D eigenvalue weighted by Gasteiger charge is -2.68. The first-order chi connectivity index (χ1) is 9.00. The molecule has 0 aliphatic heterocycles. The van der Waals surface area contributed by atoms with Crippen molar-refractivity contribution < 1.29 is 0 Å². The van der Waals surface area contributed by atoms with Gasteiger partial charge in [0.05, 0.1) is 19.9 Å². The third-order valence-corrected chi connectivity index (χ3v) is 6.27. The molecule has 2 nitrogen and oxygen atoms in total. The van der Waals surface area contributed by atoms with Gasteiger partial charge in [-0.2, -0.15) is 0 Å². The number of nitrogens with two attached hydrogens (primary N) is 1. The lowest BCUT2D eigenvalue weighted by Crippen LogP contribution is -2.74. The number of benzene rings is 1. The van der Waals surface area contributed by atoms with Gasteiger partial charge in [0.1, 0.15) is 0 Å². The molecule has 0 spiro atoms. The number of hydrogen-bond acceptors (Lipinski definition) is 3. The van der Waals surface area contributed by atoms with Crippen molar-refractivity contribution in [3.63, 3.8) is 0 Å². The van der Waals surface area contributed by atoms with Crippen molar-refractivity contribution in [1.82, 2.24) is 4.98 Å².